The average Bonchev–Trinajstić information content (AvgIpc) is 2.55. The van der Waals surface area contributed by atoms with E-state index in [4.69, 9.17) is 10.00 Å². The summed E-state index contributed by atoms with van der Waals surface area (Å²) in [5.74, 6) is 1.68. The summed E-state index contributed by atoms with van der Waals surface area (Å²) < 4.78 is 5.88. The van der Waals surface area contributed by atoms with Crippen LogP contribution in [0.15, 0.2) is 36.4 Å². The van der Waals surface area contributed by atoms with Gasteiger partial charge in [-0.2, -0.15) is 5.26 Å². The van der Waals surface area contributed by atoms with Crippen molar-refractivity contribution in [3.8, 4) is 17.6 Å². The molecule has 2 aromatic carbocycles. The van der Waals surface area contributed by atoms with E-state index in [-0.39, 0.29) is 5.78 Å². The van der Waals surface area contributed by atoms with Crippen LogP contribution in [0.4, 0.5) is 0 Å². The van der Waals surface area contributed by atoms with Gasteiger partial charge in [-0.1, -0.05) is 35.0 Å². The second-order valence-corrected chi connectivity index (χ2v) is 5.87. The van der Waals surface area contributed by atoms with Crippen LogP contribution in [0.3, 0.4) is 0 Å². The molecule has 0 aromatic heterocycles. The highest BCUT2D eigenvalue weighted by molar-refractivity contribution is 9.09. The van der Waals surface area contributed by atoms with Crippen LogP contribution in [0.1, 0.15) is 40.9 Å². The fraction of sp³-hybridized carbons (Fsp3) is 0.300. The van der Waals surface area contributed by atoms with E-state index in [9.17, 15) is 4.79 Å². The van der Waals surface area contributed by atoms with Crippen LogP contribution in [0.2, 0.25) is 0 Å². The largest absolute Gasteiger partial charge is 0.457 e. The van der Waals surface area contributed by atoms with Gasteiger partial charge >= 0.3 is 0 Å². The third-order valence-electron chi connectivity index (χ3n) is 3.47. The molecule has 0 N–H and O–H groups in total. The molecule has 0 saturated heterocycles. The molecule has 0 amide bonds. The van der Waals surface area contributed by atoms with Crippen LogP contribution < -0.4 is 4.74 Å². The van der Waals surface area contributed by atoms with Crippen molar-refractivity contribution in [1.82, 2.24) is 0 Å². The molecule has 126 valence electrons. The first-order valence-corrected chi connectivity index (χ1v) is 8.86. The Labute approximate surface area is 152 Å². The van der Waals surface area contributed by atoms with Crippen molar-refractivity contribution in [3.63, 3.8) is 0 Å². The van der Waals surface area contributed by atoms with Gasteiger partial charge < -0.3 is 4.74 Å². The first-order chi connectivity index (χ1) is 11.5. The SMILES string of the molecule is CC#N.CCc1ccc(Oc2cc(C)c(C(=O)CBr)c(C)c2)cc1. The Morgan fingerprint density at radius 3 is 2.04 bits per heavy atom. The van der Waals surface area contributed by atoms with Crippen LogP contribution in [0.5, 0.6) is 11.5 Å². The molecule has 4 heteroatoms. The van der Waals surface area contributed by atoms with Crippen molar-refractivity contribution in [2.45, 2.75) is 34.1 Å². The van der Waals surface area contributed by atoms with Gasteiger partial charge in [0.25, 0.3) is 0 Å². The molecule has 0 aliphatic rings. The minimum absolute atomic E-state index is 0.101. The van der Waals surface area contributed by atoms with E-state index in [0.29, 0.717) is 5.33 Å². The van der Waals surface area contributed by atoms with Crippen LogP contribution in [-0.2, 0) is 6.42 Å². The molecule has 0 bridgehead atoms. The van der Waals surface area contributed by atoms with Gasteiger partial charge in [0.1, 0.15) is 11.5 Å². The van der Waals surface area contributed by atoms with Gasteiger partial charge in [-0.05, 0) is 61.2 Å². The fourth-order valence-corrected chi connectivity index (χ4v) is 2.70. The zero-order valence-electron chi connectivity index (χ0n) is 14.5. The van der Waals surface area contributed by atoms with Crippen LogP contribution in [0, 0.1) is 25.2 Å². The highest BCUT2D eigenvalue weighted by atomic mass is 79.9. The number of carbonyl (C=O) groups excluding carboxylic acids is 1. The zero-order chi connectivity index (χ0) is 18.1. The number of benzene rings is 2. The van der Waals surface area contributed by atoms with Gasteiger partial charge in [-0.15, -0.1) is 0 Å². The van der Waals surface area contributed by atoms with Gasteiger partial charge in [-0.3, -0.25) is 4.79 Å². The summed E-state index contributed by atoms with van der Waals surface area (Å²) in [6, 6.07) is 13.7. The minimum atomic E-state index is 0.101. The number of nitrogens with zero attached hydrogens (tertiary/aromatic N) is 1. The van der Waals surface area contributed by atoms with Gasteiger partial charge in [0.15, 0.2) is 5.78 Å². The standard InChI is InChI=1S/C18H19BrO2.C2H3N/c1-4-14-5-7-15(8-6-14)21-16-9-12(2)18(13(3)10-16)17(20)11-19;1-2-3/h5-10H,4,11H2,1-3H3;1H3. The Morgan fingerprint density at radius 1 is 1.12 bits per heavy atom. The number of ether oxygens (including phenoxy) is 1. The summed E-state index contributed by atoms with van der Waals surface area (Å²) in [6.07, 6.45) is 1.02. The van der Waals surface area contributed by atoms with E-state index in [2.05, 4.69) is 35.0 Å². The molecule has 0 radical (unpaired) electrons. The van der Waals surface area contributed by atoms with Gasteiger partial charge in [0.2, 0.25) is 0 Å². The minimum Gasteiger partial charge on any atom is -0.457 e. The summed E-state index contributed by atoms with van der Waals surface area (Å²) in [4.78, 5) is 11.9. The Bertz CT molecular complexity index is 707. The van der Waals surface area contributed by atoms with Gasteiger partial charge in [0.05, 0.1) is 11.4 Å². The maximum atomic E-state index is 11.9. The molecule has 0 atom stereocenters. The summed E-state index contributed by atoms with van der Waals surface area (Å²) >= 11 is 3.22. The molecule has 0 aliphatic carbocycles. The molecule has 0 saturated carbocycles. The van der Waals surface area contributed by atoms with E-state index >= 15 is 0 Å². The van der Waals surface area contributed by atoms with Crippen molar-refractivity contribution in [2.24, 2.45) is 0 Å². The zero-order valence-corrected chi connectivity index (χ0v) is 16.1. The van der Waals surface area contributed by atoms with E-state index in [0.717, 1.165) is 34.6 Å². The number of ketones is 1. The van der Waals surface area contributed by atoms with E-state index in [1.165, 1.54) is 12.5 Å². The van der Waals surface area contributed by atoms with Crippen LogP contribution in [-0.4, -0.2) is 11.1 Å². The van der Waals surface area contributed by atoms with Crippen molar-refractivity contribution in [1.29, 1.82) is 5.26 Å². The lowest BCUT2D eigenvalue weighted by molar-refractivity contribution is 0.102. The number of rotatable bonds is 5. The maximum absolute atomic E-state index is 11.9. The quantitative estimate of drug-likeness (QED) is 0.483. The molecule has 3 nitrogen and oxygen atoms in total. The number of hydrogen-bond acceptors (Lipinski definition) is 3. The first kappa shape index (κ1) is 19.9. The molecule has 0 fully saturated rings. The predicted molar refractivity (Wildman–Crippen MR) is 101 cm³/mol. The van der Waals surface area contributed by atoms with Crippen LogP contribution >= 0.6 is 15.9 Å². The Morgan fingerprint density at radius 2 is 1.62 bits per heavy atom. The van der Waals surface area contributed by atoms with Gasteiger partial charge in [0, 0.05) is 12.5 Å². The highest BCUT2D eigenvalue weighted by Gasteiger charge is 2.13. The number of carbonyl (C=O) groups is 1. The van der Waals surface area contributed by atoms with Crippen molar-refractivity contribution < 1.29 is 9.53 Å². The van der Waals surface area contributed by atoms with Crippen LogP contribution in [0.25, 0.3) is 0 Å². The Hall–Kier alpha value is -2.12. The topological polar surface area (TPSA) is 50.1 Å². The predicted octanol–water partition coefficient (Wildman–Crippen LogP) is 5.77. The van der Waals surface area contributed by atoms with Crippen molar-refractivity contribution in [3.05, 3.63) is 58.7 Å². The second kappa shape index (κ2) is 9.89. The lowest BCUT2D eigenvalue weighted by Crippen LogP contribution is -2.05. The van der Waals surface area contributed by atoms with Gasteiger partial charge in [-0.25, -0.2) is 0 Å². The number of Topliss-reactive ketones (excluding diaryl/α,β-unsaturated/α-hetero) is 1. The number of nitriles is 1. The molecule has 2 rings (SSSR count). The summed E-state index contributed by atoms with van der Waals surface area (Å²) in [6.45, 7) is 7.44. The average molecular weight is 388 g/mol. The number of alkyl halides is 1. The number of aryl methyl sites for hydroxylation is 3. The molecule has 24 heavy (non-hydrogen) atoms. The van der Waals surface area contributed by atoms with E-state index in [1.54, 1.807) is 6.07 Å². The Kier molecular flexibility index (Phi) is 8.21. The Balaban J connectivity index is 0.000000891. The van der Waals surface area contributed by atoms with E-state index < -0.39 is 0 Å². The highest BCUT2D eigenvalue weighted by Crippen LogP contribution is 2.27. The summed E-state index contributed by atoms with van der Waals surface area (Å²) in [7, 11) is 0. The van der Waals surface area contributed by atoms with Crippen molar-refractivity contribution >= 4 is 21.7 Å². The second-order valence-electron chi connectivity index (χ2n) is 5.31. The molecular formula is C20H22BrNO2. The molecule has 0 heterocycles. The monoisotopic (exact) mass is 387 g/mol. The third kappa shape index (κ3) is 5.50. The molecule has 0 unspecified atom stereocenters. The van der Waals surface area contributed by atoms with Crippen molar-refractivity contribution in [2.75, 3.05) is 5.33 Å². The number of halogens is 1. The number of hydrogen-bond donors (Lipinski definition) is 0. The molecular weight excluding hydrogens is 366 g/mol. The first-order valence-electron chi connectivity index (χ1n) is 7.74. The summed E-state index contributed by atoms with van der Waals surface area (Å²) in [5.41, 5.74) is 3.95. The lowest BCUT2D eigenvalue weighted by atomic mass is 9.99. The lowest BCUT2D eigenvalue weighted by Gasteiger charge is -2.12. The normalized spacial score (nSPS) is 9.50. The smallest absolute Gasteiger partial charge is 0.173 e. The molecule has 0 spiro atoms. The maximum Gasteiger partial charge on any atom is 0.173 e. The fourth-order valence-electron chi connectivity index (χ4n) is 2.42. The molecule has 2 aromatic rings. The molecule has 0 aliphatic heterocycles. The third-order valence-corrected chi connectivity index (χ3v) is 3.98. The van der Waals surface area contributed by atoms with E-state index in [1.807, 2.05) is 38.1 Å². The summed E-state index contributed by atoms with van der Waals surface area (Å²) in [5, 5.41) is 7.66.